The second-order valence-electron chi connectivity index (χ2n) is 8.06. The number of fused-ring (bicyclic) bond motifs is 1. The van der Waals surface area contributed by atoms with Gasteiger partial charge in [-0.2, -0.15) is 8.78 Å². The fraction of sp³-hybridized carbons (Fsp3) is 0.381. The summed E-state index contributed by atoms with van der Waals surface area (Å²) < 4.78 is 105. The molecule has 3 N–H and O–H groups in total. The predicted molar refractivity (Wildman–Crippen MR) is 115 cm³/mol. The van der Waals surface area contributed by atoms with Crippen molar-refractivity contribution in [1.82, 2.24) is 4.98 Å². The maximum atomic E-state index is 15.7. The molecule has 0 unspecified atom stereocenters. The average molecular weight is 538 g/mol. The molecule has 3 heterocycles. The second-order valence-corrected chi connectivity index (χ2v) is 9.05. The van der Waals surface area contributed by atoms with E-state index in [-0.39, 0.29) is 35.4 Å². The Morgan fingerprint density at radius 2 is 2.00 bits per heavy atom. The lowest BCUT2D eigenvalue weighted by Crippen LogP contribution is -2.52. The van der Waals surface area contributed by atoms with Gasteiger partial charge in [-0.05, 0) is 18.2 Å². The summed E-state index contributed by atoms with van der Waals surface area (Å²) in [5, 5.41) is 2.31. The van der Waals surface area contributed by atoms with Gasteiger partial charge in [0.2, 0.25) is 0 Å². The maximum Gasteiger partial charge on any atom is 0.340 e. The highest BCUT2D eigenvalue weighted by Crippen LogP contribution is 2.50. The minimum Gasteiger partial charge on any atom is -0.485 e. The highest BCUT2D eigenvalue weighted by Gasteiger charge is 2.61. The van der Waals surface area contributed by atoms with Crippen molar-refractivity contribution in [2.24, 2.45) is 10.7 Å². The number of amidine groups is 1. The molecule has 2 atom stereocenters. The number of halogens is 7. The lowest BCUT2D eigenvalue weighted by atomic mass is 9.79. The molecule has 0 aliphatic carbocycles. The van der Waals surface area contributed by atoms with Crippen molar-refractivity contribution in [2.45, 2.75) is 23.6 Å². The van der Waals surface area contributed by atoms with Crippen molar-refractivity contribution in [3.8, 4) is 5.75 Å². The van der Waals surface area contributed by atoms with E-state index in [1.807, 2.05) is 0 Å². The molecule has 2 aliphatic rings. The number of carbonyl (C=O) groups excluding carboxylic acids is 1. The number of aliphatic imine (C=N–C) groups is 1. The van der Waals surface area contributed by atoms with Gasteiger partial charge in [-0.25, -0.2) is 31.9 Å². The summed E-state index contributed by atoms with van der Waals surface area (Å²) in [5.41, 5.74) is 0.796. The van der Waals surface area contributed by atoms with Crippen molar-refractivity contribution in [3.05, 3.63) is 53.4 Å². The summed E-state index contributed by atoms with van der Waals surface area (Å²) in [4.78, 5) is 20.2. The van der Waals surface area contributed by atoms with E-state index in [1.54, 1.807) is 0 Å². The van der Waals surface area contributed by atoms with Crippen LogP contribution in [0.25, 0.3) is 0 Å². The quantitative estimate of drug-likeness (QED) is 0.520. The smallest absolute Gasteiger partial charge is 0.340 e. The number of nitrogens with zero attached hydrogens (tertiary/aromatic N) is 2. The molecular formula is C21H17F7N4O3S. The van der Waals surface area contributed by atoms with Crippen LogP contribution in [0, 0.1) is 11.6 Å². The number of nitrogens with two attached hydrogens (primary N) is 1. The number of rotatable bonds is 7. The molecule has 0 radical (unpaired) electrons. The molecule has 1 amide bonds. The van der Waals surface area contributed by atoms with Gasteiger partial charge in [0.25, 0.3) is 5.91 Å². The molecule has 0 bridgehead atoms. The van der Waals surface area contributed by atoms with E-state index >= 15 is 4.39 Å². The molecule has 0 spiro atoms. The lowest BCUT2D eigenvalue weighted by Gasteiger charge is -2.38. The highest BCUT2D eigenvalue weighted by molar-refractivity contribution is 8.13. The number of ether oxygens (including phenoxy) is 2. The Balaban J connectivity index is 1.55. The zero-order valence-corrected chi connectivity index (χ0v) is 18.9. The Hall–Kier alpha value is -3.07. The third-order valence-electron chi connectivity index (χ3n) is 5.58. The van der Waals surface area contributed by atoms with Gasteiger partial charge in [0.05, 0.1) is 19.4 Å². The van der Waals surface area contributed by atoms with Gasteiger partial charge >= 0.3 is 12.3 Å². The molecule has 7 nitrogen and oxygen atoms in total. The van der Waals surface area contributed by atoms with Crippen LogP contribution in [0.3, 0.4) is 0 Å². The average Bonchev–Trinajstić information content (AvgIpc) is 3.16. The number of carbonyl (C=O) groups is 1. The molecule has 0 saturated carbocycles. The Kier molecular flexibility index (Phi) is 6.81. The summed E-state index contributed by atoms with van der Waals surface area (Å²) in [6, 6.07) is 3.72. The Morgan fingerprint density at radius 3 is 2.69 bits per heavy atom. The Morgan fingerprint density at radius 1 is 1.25 bits per heavy atom. The van der Waals surface area contributed by atoms with E-state index in [4.69, 9.17) is 10.5 Å². The van der Waals surface area contributed by atoms with Crippen LogP contribution in [0.15, 0.2) is 35.5 Å². The summed E-state index contributed by atoms with van der Waals surface area (Å²) in [6.45, 7) is -2.39. The van der Waals surface area contributed by atoms with Crippen molar-refractivity contribution < 1.29 is 45.0 Å². The van der Waals surface area contributed by atoms with Crippen LogP contribution in [0.5, 0.6) is 5.75 Å². The zero-order chi connectivity index (χ0) is 26.3. The van der Waals surface area contributed by atoms with E-state index in [1.165, 1.54) is 0 Å². The molecule has 4 rings (SSSR count). The first-order chi connectivity index (χ1) is 16.9. The second kappa shape index (κ2) is 9.42. The first-order valence-electron chi connectivity index (χ1n) is 10.2. The van der Waals surface area contributed by atoms with Crippen molar-refractivity contribution in [1.29, 1.82) is 0 Å². The van der Waals surface area contributed by atoms with E-state index in [2.05, 4.69) is 20.0 Å². The summed E-state index contributed by atoms with van der Waals surface area (Å²) in [6.07, 6.45) is -3.30. The van der Waals surface area contributed by atoms with Crippen LogP contribution in [-0.4, -0.2) is 59.6 Å². The number of amides is 1. The van der Waals surface area contributed by atoms with Crippen LogP contribution in [0.2, 0.25) is 0 Å². The Bertz CT molecular complexity index is 1220. The monoisotopic (exact) mass is 538 g/mol. The van der Waals surface area contributed by atoms with Crippen LogP contribution in [-0.2, 0) is 10.3 Å². The Labute approximate surface area is 203 Å². The van der Waals surface area contributed by atoms with Crippen LogP contribution in [0.4, 0.5) is 36.4 Å². The fourth-order valence-corrected chi connectivity index (χ4v) is 4.63. The number of hydrogen-bond donors (Lipinski definition) is 2. The van der Waals surface area contributed by atoms with Gasteiger partial charge in [0.15, 0.2) is 34.5 Å². The number of benzene rings is 1. The predicted octanol–water partition coefficient (Wildman–Crippen LogP) is 3.89. The van der Waals surface area contributed by atoms with Gasteiger partial charge in [0, 0.05) is 23.1 Å². The van der Waals surface area contributed by atoms with E-state index in [9.17, 15) is 31.1 Å². The number of nitrogens with one attached hydrogen (secondary N) is 1. The van der Waals surface area contributed by atoms with Gasteiger partial charge in [-0.15, -0.1) is 0 Å². The minimum absolute atomic E-state index is 0.0301. The lowest BCUT2D eigenvalue weighted by molar-refractivity contribution is -0.148. The van der Waals surface area contributed by atoms with Crippen molar-refractivity contribution in [3.63, 3.8) is 0 Å². The zero-order valence-electron chi connectivity index (χ0n) is 18.0. The van der Waals surface area contributed by atoms with E-state index in [0.29, 0.717) is 12.3 Å². The number of aromatic nitrogens is 1. The molecule has 2 aromatic rings. The first kappa shape index (κ1) is 26.0. The largest absolute Gasteiger partial charge is 0.485 e. The third kappa shape index (κ3) is 4.68. The molecule has 1 aromatic heterocycles. The van der Waals surface area contributed by atoms with Gasteiger partial charge < -0.3 is 20.5 Å². The number of thioether (sulfide) groups is 1. The summed E-state index contributed by atoms with van der Waals surface area (Å²) in [5.74, 6) is -8.48. The number of pyridine rings is 1. The number of hydrogen-bond acceptors (Lipinski definition) is 7. The molecule has 1 fully saturated rings. The van der Waals surface area contributed by atoms with Crippen molar-refractivity contribution >= 4 is 28.5 Å². The normalized spacial score (nSPS) is 23.8. The molecule has 1 aromatic carbocycles. The molecule has 194 valence electrons. The third-order valence-corrected chi connectivity index (χ3v) is 6.57. The molecule has 36 heavy (non-hydrogen) atoms. The number of alkyl halides is 5. The standard InChI is InChI=1S/C21H17F7N4O3S/c22-13-2-1-10(3-12(13)20-7-34-6-19(20,26)9-36-18(29)32-20)31-16(33)15-14(23)4-11(5-30-15)35-8-21(27,28)17(24)25/h1-5,17H,6-9H2,(H2,29,32)(H,31,33)/t19-,20-/m1/s1. The fourth-order valence-electron chi connectivity index (χ4n) is 3.71. The molecule has 2 aliphatic heterocycles. The molecule has 1 saturated heterocycles. The van der Waals surface area contributed by atoms with Gasteiger partial charge in [-0.1, -0.05) is 11.8 Å². The molecular weight excluding hydrogens is 521 g/mol. The SMILES string of the molecule is NC1=N[C@@]2(c3cc(NC(=O)c4ncc(OCC(F)(F)C(F)F)cc4F)ccc3F)COC[C@@]2(F)CS1. The van der Waals surface area contributed by atoms with Crippen LogP contribution in [0.1, 0.15) is 16.1 Å². The van der Waals surface area contributed by atoms with Gasteiger partial charge in [-0.3, -0.25) is 4.79 Å². The minimum atomic E-state index is -4.47. The van der Waals surface area contributed by atoms with Crippen molar-refractivity contribution in [2.75, 3.05) is 30.9 Å². The summed E-state index contributed by atoms with van der Waals surface area (Å²) >= 11 is 0.955. The summed E-state index contributed by atoms with van der Waals surface area (Å²) in [7, 11) is 0. The van der Waals surface area contributed by atoms with E-state index in [0.717, 1.165) is 30.0 Å². The van der Waals surface area contributed by atoms with Gasteiger partial charge in [0.1, 0.15) is 11.6 Å². The topological polar surface area (TPSA) is 98.8 Å². The van der Waals surface area contributed by atoms with Crippen LogP contribution < -0.4 is 15.8 Å². The molecule has 15 heteroatoms. The highest BCUT2D eigenvalue weighted by atomic mass is 32.2. The van der Waals surface area contributed by atoms with Crippen LogP contribution >= 0.6 is 11.8 Å². The first-order valence-corrected chi connectivity index (χ1v) is 11.2. The maximum absolute atomic E-state index is 15.7. The number of anilines is 1. The van der Waals surface area contributed by atoms with E-state index < -0.39 is 59.1 Å².